The fourth-order valence-electron chi connectivity index (χ4n) is 4.29. The number of fused-ring (bicyclic) bond motifs is 1. The third-order valence-corrected chi connectivity index (χ3v) is 6.59. The van der Waals surface area contributed by atoms with Crippen LogP contribution in [-0.4, -0.2) is 31.8 Å². The second-order valence-corrected chi connectivity index (χ2v) is 10.5. The molecule has 38 heavy (non-hydrogen) atoms. The molecule has 4 aromatic rings. The molecule has 0 radical (unpaired) electrons. The maximum Gasteiger partial charge on any atom is 0.163 e. The predicted octanol–water partition coefficient (Wildman–Crippen LogP) is 7.84. The average Bonchev–Trinajstić information content (AvgIpc) is 2.91. The smallest absolute Gasteiger partial charge is 0.163 e. The number of rotatable bonds is 11. The van der Waals surface area contributed by atoms with Crippen molar-refractivity contribution in [3.05, 3.63) is 78.5 Å². The molecule has 0 aliphatic rings. The highest BCUT2D eigenvalue weighted by Crippen LogP contribution is 2.37. The SMILES string of the molecule is CCCC(COc1cc2nccc(Oc3ccc(Nc4ccc(C(C)(C)C)cc4)cc3)c2cc1OC)NC. The molecule has 6 nitrogen and oxygen atoms in total. The molecule has 0 aliphatic heterocycles. The normalized spacial score (nSPS) is 12.3. The van der Waals surface area contributed by atoms with Crippen LogP contribution in [0.25, 0.3) is 10.9 Å². The Morgan fingerprint density at radius 1 is 0.868 bits per heavy atom. The molecule has 1 aromatic heterocycles. The van der Waals surface area contributed by atoms with Gasteiger partial charge in [-0.2, -0.15) is 0 Å². The molecule has 1 unspecified atom stereocenters. The van der Waals surface area contributed by atoms with Crippen molar-refractivity contribution in [1.29, 1.82) is 0 Å². The lowest BCUT2D eigenvalue weighted by atomic mass is 9.87. The number of likely N-dealkylation sites (N-methyl/N-ethyl adjacent to an activating group) is 1. The predicted molar refractivity (Wildman–Crippen MR) is 156 cm³/mol. The van der Waals surface area contributed by atoms with Crippen LogP contribution in [0.1, 0.15) is 46.1 Å². The molecule has 0 saturated heterocycles. The molecule has 0 spiro atoms. The van der Waals surface area contributed by atoms with Crippen molar-refractivity contribution < 1.29 is 14.2 Å². The number of ether oxygens (including phenoxy) is 3. The molecule has 1 heterocycles. The Morgan fingerprint density at radius 3 is 2.16 bits per heavy atom. The van der Waals surface area contributed by atoms with E-state index in [1.807, 2.05) is 49.5 Å². The lowest BCUT2D eigenvalue weighted by Crippen LogP contribution is -2.31. The van der Waals surface area contributed by atoms with E-state index in [9.17, 15) is 0 Å². The van der Waals surface area contributed by atoms with Gasteiger partial charge in [-0.15, -0.1) is 0 Å². The van der Waals surface area contributed by atoms with Crippen LogP contribution in [0, 0.1) is 0 Å². The average molecular weight is 514 g/mol. The Kier molecular flexibility index (Phi) is 8.74. The minimum absolute atomic E-state index is 0.136. The van der Waals surface area contributed by atoms with E-state index in [1.54, 1.807) is 13.3 Å². The van der Waals surface area contributed by atoms with Gasteiger partial charge in [-0.25, -0.2) is 0 Å². The number of hydrogen-bond donors (Lipinski definition) is 2. The van der Waals surface area contributed by atoms with E-state index in [-0.39, 0.29) is 11.5 Å². The van der Waals surface area contributed by atoms with Gasteiger partial charge in [0, 0.05) is 35.1 Å². The fourth-order valence-corrected chi connectivity index (χ4v) is 4.29. The van der Waals surface area contributed by atoms with E-state index in [1.165, 1.54) is 5.56 Å². The molecule has 0 bridgehead atoms. The zero-order chi connectivity index (χ0) is 27.1. The molecule has 2 N–H and O–H groups in total. The van der Waals surface area contributed by atoms with Crippen molar-refractivity contribution in [3.8, 4) is 23.0 Å². The van der Waals surface area contributed by atoms with Gasteiger partial charge in [0.05, 0.1) is 12.6 Å². The van der Waals surface area contributed by atoms with E-state index in [2.05, 4.69) is 67.6 Å². The van der Waals surface area contributed by atoms with Crippen LogP contribution >= 0.6 is 0 Å². The first kappa shape index (κ1) is 27.3. The summed E-state index contributed by atoms with van der Waals surface area (Å²) in [5.41, 5.74) is 4.27. The zero-order valence-corrected chi connectivity index (χ0v) is 23.3. The molecular formula is C32H39N3O3. The summed E-state index contributed by atoms with van der Waals surface area (Å²) in [6.45, 7) is 9.39. The maximum atomic E-state index is 6.26. The van der Waals surface area contributed by atoms with Gasteiger partial charge in [0.1, 0.15) is 18.1 Å². The van der Waals surface area contributed by atoms with Crippen molar-refractivity contribution in [3.63, 3.8) is 0 Å². The van der Waals surface area contributed by atoms with Gasteiger partial charge in [0.15, 0.2) is 11.5 Å². The Morgan fingerprint density at radius 2 is 1.55 bits per heavy atom. The van der Waals surface area contributed by atoms with E-state index >= 15 is 0 Å². The van der Waals surface area contributed by atoms with Crippen molar-refractivity contribution in [2.75, 3.05) is 26.1 Å². The standard InChI is InChI=1S/C32H39N3O3/c1-7-8-25(33-5)21-37-31-20-28-27(19-30(31)36-6)29(17-18-34-28)38-26-15-13-24(14-16-26)35-23-11-9-22(10-12-23)32(2,3)4/h9-20,25,33,35H,7-8,21H2,1-6H3. The minimum atomic E-state index is 0.136. The number of nitrogens with zero attached hydrogens (tertiary/aromatic N) is 1. The second-order valence-electron chi connectivity index (χ2n) is 10.5. The van der Waals surface area contributed by atoms with Gasteiger partial charge in [0.25, 0.3) is 0 Å². The zero-order valence-electron chi connectivity index (χ0n) is 23.3. The van der Waals surface area contributed by atoms with Crippen LogP contribution in [0.5, 0.6) is 23.0 Å². The Labute approximate surface area is 226 Å². The van der Waals surface area contributed by atoms with Crippen LogP contribution in [0.4, 0.5) is 11.4 Å². The molecule has 0 amide bonds. The molecule has 6 heteroatoms. The summed E-state index contributed by atoms with van der Waals surface area (Å²) in [4.78, 5) is 4.54. The minimum Gasteiger partial charge on any atom is -0.493 e. The summed E-state index contributed by atoms with van der Waals surface area (Å²) in [5, 5.41) is 7.62. The molecular weight excluding hydrogens is 474 g/mol. The van der Waals surface area contributed by atoms with Crippen LogP contribution in [0.15, 0.2) is 72.9 Å². The van der Waals surface area contributed by atoms with E-state index in [0.29, 0.717) is 23.9 Å². The van der Waals surface area contributed by atoms with Crippen LogP contribution in [-0.2, 0) is 5.41 Å². The van der Waals surface area contributed by atoms with Crippen molar-refractivity contribution in [2.24, 2.45) is 0 Å². The van der Waals surface area contributed by atoms with E-state index < -0.39 is 0 Å². The number of pyridine rings is 1. The van der Waals surface area contributed by atoms with Gasteiger partial charge in [-0.1, -0.05) is 46.2 Å². The van der Waals surface area contributed by atoms with Gasteiger partial charge < -0.3 is 24.8 Å². The van der Waals surface area contributed by atoms with Crippen molar-refractivity contribution >= 4 is 22.3 Å². The Bertz CT molecular complexity index is 1330. The second kappa shape index (κ2) is 12.2. The van der Waals surface area contributed by atoms with Gasteiger partial charge >= 0.3 is 0 Å². The summed E-state index contributed by atoms with van der Waals surface area (Å²) >= 11 is 0. The third kappa shape index (κ3) is 6.75. The molecule has 0 aliphatic carbocycles. The van der Waals surface area contributed by atoms with Crippen LogP contribution in [0.3, 0.4) is 0 Å². The van der Waals surface area contributed by atoms with Crippen LogP contribution < -0.4 is 24.8 Å². The molecule has 0 fully saturated rings. The number of aromatic nitrogens is 1. The van der Waals surface area contributed by atoms with E-state index in [4.69, 9.17) is 14.2 Å². The highest BCUT2D eigenvalue weighted by atomic mass is 16.5. The summed E-state index contributed by atoms with van der Waals surface area (Å²) < 4.78 is 18.0. The first-order valence-corrected chi connectivity index (χ1v) is 13.2. The number of anilines is 2. The molecule has 0 saturated carbocycles. The lowest BCUT2D eigenvalue weighted by Gasteiger charge is -2.19. The molecule has 3 aromatic carbocycles. The summed E-state index contributed by atoms with van der Waals surface area (Å²) in [5.74, 6) is 2.77. The largest absolute Gasteiger partial charge is 0.493 e. The topological polar surface area (TPSA) is 64.6 Å². The first-order chi connectivity index (χ1) is 18.3. The lowest BCUT2D eigenvalue weighted by molar-refractivity contribution is 0.251. The summed E-state index contributed by atoms with van der Waals surface area (Å²) in [6.07, 6.45) is 3.88. The third-order valence-electron chi connectivity index (χ3n) is 6.59. The quantitative estimate of drug-likeness (QED) is 0.213. The first-order valence-electron chi connectivity index (χ1n) is 13.2. The van der Waals surface area contributed by atoms with E-state index in [0.717, 1.165) is 40.9 Å². The maximum absolute atomic E-state index is 6.26. The number of hydrogen-bond acceptors (Lipinski definition) is 6. The van der Waals surface area contributed by atoms with Gasteiger partial charge in [-0.3, -0.25) is 4.98 Å². The number of benzene rings is 3. The molecule has 4 rings (SSSR count). The highest BCUT2D eigenvalue weighted by molar-refractivity contribution is 5.88. The van der Waals surface area contributed by atoms with Crippen molar-refractivity contribution in [1.82, 2.24) is 10.3 Å². The van der Waals surface area contributed by atoms with Crippen LogP contribution in [0.2, 0.25) is 0 Å². The highest BCUT2D eigenvalue weighted by Gasteiger charge is 2.15. The number of methoxy groups -OCH3 is 1. The molecule has 200 valence electrons. The van der Waals surface area contributed by atoms with Gasteiger partial charge in [0.2, 0.25) is 0 Å². The Balaban J connectivity index is 1.48. The number of nitrogens with one attached hydrogen (secondary N) is 2. The summed E-state index contributed by atoms with van der Waals surface area (Å²) in [7, 11) is 3.61. The monoisotopic (exact) mass is 513 g/mol. The van der Waals surface area contributed by atoms with Crippen molar-refractivity contribution in [2.45, 2.75) is 52.0 Å². The fraction of sp³-hybridized carbons (Fsp3) is 0.344. The molecule has 1 atom stereocenters. The van der Waals surface area contributed by atoms with Gasteiger partial charge in [-0.05, 0) is 73.0 Å². The summed E-state index contributed by atoms with van der Waals surface area (Å²) in [6, 6.07) is 22.5. The Hall–Kier alpha value is -3.77.